The largest absolute Gasteiger partial charge is 0.399 e. The first-order chi connectivity index (χ1) is 9.99. The maximum Gasteiger partial charge on any atom is 0.322 e. The van der Waals surface area contributed by atoms with Gasteiger partial charge in [0.15, 0.2) is 0 Å². The maximum atomic E-state index is 12.3. The van der Waals surface area contributed by atoms with Crippen molar-refractivity contribution in [3.05, 3.63) is 59.1 Å². The highest BCUT2D eigenvalue weighted by Gasteiger charge is 2.18. The summed E-state index contributed by atoms with van der Waals surface area (Å²) in [5, 5.41) is 3.31. The van der Waals surface area contributed by atoms with Gasteiger partial charge in [-0.2, -0.15) is 0 Å². The first-order valence-corrected chi connectivity index (χ1v) is 7.00. The number of para-hydroxylation sites is 1. The van der Waals surface area contributed by atoms with Gasteiger partial charge in [0.2, 0.25) is 0 Å². The molecule has 0 bridgehead atoms. The Bertz CT molecular complexity index is 645. The predicted molar refractivity (Wildman–Crippen MR) is 87.5 cm³/mol. The van der Waals surface area contributed by atoms with E-state index in [1.807, 2.05) is 43.3 Å². The number of carbonyl (C=O) groups excluding carboxylic acids is 1. The fourth-order valence-corrected chi connectivity index (χ4v) is 2.17. The number of nitrogens with one attached hydrogen (secondary N) is 1. The molecule has 5 heteroatoms. The molecule has 0 radical (unpaired) electrons. The van der Waals surface area contributed by atoms with Crippen LogP contribution in [0.15, 0.2) is 48.5 Å². The number of nitrogens with two attached hydrogens (primary N) is 1. The van der Waals surface area contributed by atoms with Gasteiger partial charge in [-0.1, -0.05) is 35.9 Å². The van der Waals surface area contributed by atoms with Crippen LogP contribution in [0.2, 0.25) is 5.02 Å². The zero-order chi connectivity index (χ0) is 15.4. The summed E-state index contributed by atoms with van der Waals surface area (Å²) in [5.41, 5.74) is 8.03. The summed E-state index contributed by atoms with van der Waals surface area (Å²) in [4.78, 5) is 13.9. The summed E-state index contributed by atoms with van der Waals surface area (Å²) in [5.74, 6) is 0. The molecular weight excluding hydrogens is 286 g/mol. The molecule has 3 N–H and O–H groups in total. The lowest BCUT2D eigenvalue weighted by atomic mass is 10.1. The minimum atomic E-state index is -0.224. The molecule has 0 aliphatic heterocycles. The molecule has 0 heterocycles. The maximum absolute atomic E-state index is 12.3. The molecule has 110 valence electrons. The Morgan fingerprint density at radius 1 is 1.24 bits per heavy atom. The van der Waals surface area contributed by atoms with Gasteiger partial charge in [0, 0.05) is 12.7 Å². The second-order valence-electron chi connectivity index (χ2n) is 4.87. The average molecular weight is 304 g/mol. The number of carbonyl (C=O) groups is 1. The molecule has 21 heavy (non-hydrogen) atoms. The van der Waals surface area contributed by atoms with Crippen molar-refractivity contribution in [1.82, 2.24) is 4.90 Å². The van der Waals surface area contributed by atoms with Crippen molar-refractivity contribution in [3.63, 3.8) is 0 Å². The summed E-state index contributed by atoms with van der Waals surface area (Å²) in [6.45, 7) is 1.95. The van der Waals surface area contributed by atoms with Crippen LogP contribution >= 0.6 is 11.6 Å². The molecule has 2 aromatic rings. The number of rotatable bonds is 3. The molecular formula is C16H18ClN3O. The summed E-state index contributed by atoms with van der Waals surface area (Å²) in [7, 11) is 1.74. The highest BCUT2D eigenvalue weighted by molar-refractivity contribution is 6.33. The van der Waals surface area contributed by atoms with Crippen molar-refractivity contribution in [3.8, 4) is 0 Å². The first kappa shape index (κ1) is 15.2. The monoisotopic (exact) mass is 303 g/mol. The molecule has 2 amide bonds. The lowest BCUT2D eigenvalue weighted by Crippen LogP contribution is -2.33. The van der Waals surface area contributed by atoms with E-state index in [1.54, 1.807) is 24.1 Å². The molecule has 0 fully saturated rings. The molecule has 0 saturated heterocycles. The smallest absolute Gasteiger partial charge is 0.322 e. The Morgan fingerprint density at radius 3 is 2.62 bits per heavy atom. The normalized spacial score (nSPS) is 11.8. The van der Waals surface area contributed by atoms with Crippen LogP contribution in [0.3, 0.4) is 0 Å². The molecule has 0 aromatic heterocycles. The fourth-order valence-electron chi connectivity index (χ4n) is 1.98. The molecule has 0 aliphatic rings. The average Bonchev–Trinajstić information content (AvgIpc) is 2.48. The molecule has 0 saturated carbocycles. The van der Waals surface area contributed by atoms with E-state index in [1.165, 1.54) is 0 Å². The van der Waals surface area contributed by atoms with E-state index in [0.29, 0.717) is 16.4 Å². The number of urea groups is 1. The van der Waals surface area contributed by atoms with Crippen LogP contribution in [0.25, 0.3) is 0 Å². The van der Waals surface area contributed by atoms with E-state index in [9.17, 15) is 4.79 Å². The molecule has 1 atom stereocenters. The number of hydrogen-bond acceptors (Lipinski definition) is 2. The Balaban J connectivity index is 2.10. The van der Waals surface area contributed by atoms with E-state index in [4.69, 9.17) is 17.3 Å². The number of nitrogen functional groups attached to an aromatic ring is 1. The number of hydrogen-bond donors (Lipinski definition) is 2. The van der Waals surface area contributed by atoms with Crippen molar-refractivity contribution in [2.75, 3.05) is 18.1 Å². The molecule has 4 nitrogen and oxygen atoms in total. The summed E-state index contributed by atoms with van der Waals surface area (Å²) in [6.07, 6.45) is 0. The quantitative estimate of drug-likeness (QED) is 0.837. The van der Waals surface area contributed by atoms with Crippen LogP contribution in [0, 0.1) is 0 Å². The van der Waals surface area contributed by atoms with Crippen LogP contribution in [-0.4, -0.2) is 18.0 Å². The van der Waals surface area contributed by atoms with Gasteiger partial charge in [0.1, 0.15) is 0 Å². The van der Waals surface area contributed by atoms with E-state index in [0.717, 1.165) is 5.56 Å². The number of anilines is 2. The van der Waals surface area contributed by atoms with Gasteiger partial charge in [-0.3, -0.25) is 0 Å². The minimum Gasteiger partial charge on any atom is -0.399 e. The van der Waals surface area contributed by atoms with E-state index >= 15 is 0 Å². The first-order valence-electron chi connectivity index (χ1n) is 6.63. The predicted octanol–water partition coefficient (Wildman–Crippen LogP) is 4.15. The van der Waals surface area contributed by atoms with E-state index in [-0.39, 0.29) is 12.1 Å². The van der Waals surface area contributed by atoms with Crippen molar-refractivity contribution in [2.24, 2.45) is 0 Å². The van der Waals surface area contributed by atoms with Gasteiger partial charge in [-0.05, 0) is 36.8 Å². The van der Waals surface area contributed by atoms with E-state index < -0.39 is 0 Å². The number of nitrogens with zero attached hydrogens (tertiary/aromatic N) is 1. The number of halogens is 1. The molecule has 2 rings (SSSR count). The van der Waals surface area contributed by atoms with Gasteiger partial charge in [0.25, 0.3) is 0 Å². The minimum absolute atomic E-state index is 0.101. The number of amides is 2. The second kappa shape index (κ2) is 6.50. The Hall–Kier alpha value is -2.20. The Morgan fingerprint density at radius 2 is 1.95 bits per heavy atom. The Kier molecular flexibility index (Phi) is 4.70. The lowest BCUT2D eigenvalue weighted by molar-refractivity contribution is 0.208. The highest BCUT2D eigenvalue weighted by atomic mass is 35.5. The van der Waals surface area contributed by atoms with Crippen molar-refractivity contribution in [2.45, 2.75) is 13.0 Å². The van der Waals surface area contributed by atoms with Gasteiger partial charge in [0.05, 0.1) is 16.8 Å². The van der Waals surface area contributed by atoms with Crippen molar-refractivity contribution in [1.29, 1.82) is 0 Å². The van der Waals surface area contributed by atoms with Gasteiger partial charge in [-0.25, -0.2) is 4.79 Å². The van der Waals surface area contributed by atoms with Crippen molar-refractivity contribution < 1.29 is 4.79 Å². The van der Waals surface area contributed by atoms with Crippen LogP contribution in [0.1, 0.15) is 18.5 Å². The van der Waals surface area contributed by atoms with Gasteiger partial charge < -0.3 is 16.0 Å². The van der Waals surface area contributed by atoms with Crippen LogP contribution in [0.4, 0.5) is 16.2 Å². The van der Waals surface area contributed by atoms with E-state index in [2.05, 4.69) is 5.32 Å². The fraction of sp³-hybridized carbons (Fsp3) is 0.188. The standard InChI is InChI=1S/C16H18ClN3O/c1-11(12-6-5-7-13(18)10-12)20(2)16(21)19-15-9-4-3-8-14(15)17/h3-11H,18H2,1-2H3,(H,19,21). The zero-order valence-corrected chi connectivity index (χ0v) is 12.8. The topological polar surface area (TPSA) is 58.4 Å². The third-order valence-corrected chi connectivity index (χ3v) is 3.74. The molecule has 2 aromatic carbocycles. The summed E-state index contributed by atoms with van der Waals surface area (Å²) in [6, 6.07) is 14.3. The molecule has 1 unspecified atom stereocenters. The highest BCUT2D eigenvalue weighted by Crippen LogP contribution is 2.24. The van der Waals surface area contributed by atoms with Gasteiger partial charge in [-0.15, -0.1) is 0 Å². The SMILES string of the molecule is CC(c1cccc(N)c1)N(C)C(=O)Nc1ccccc1Cl. The lowest BCUT2D eigenvalue weighted by Gasteiger charge is -2.26. The molecule has 0 spiro atoms. The van der Waals surface area contributed by atoms with Crippen LogP contribution in [0.5, 0.6) is 0 Å². The van der Waals surface area contributed by atoms with Gasteiger partial charge >= 0.3 is 6.03 Å². The second-order valence-corrected chi connectivity index (χ2v) is 5.27. The molecule has 0 aliphatic carbocycles. The third-order valence-electron chi connectivity index (χ3n) is 3.41. The summed E-state index contributed by atoms with van der Waals surface area (Å²) >= 11 is 6.04. The Labute approximate surface area is 129 Å². The summed E-state index contributed by atoms with van der Waals surface area (Å²) < 4.78 is 0. The van der Waals surface area contributed by atoms with Crippen LogP contribution in [-0.2, 0) is 0 Å². The third kappa shape index (κ3) is 3.67. The van der Waals surface area contributed by atoms with Crippen LogP contribution < -0.4 is 11.1 Å². The number of benzene rings is 2. The zero-order valence-electron chi connectivity index (χ0n) is 12.0. The van der Waals surface area contributed by atoms with Crippen molar-refractivity contribution >= 4 is 29.0 Å².